The number of benzene rings is 1. The smallest absolute Gasteiger partial charge is 0.126 e. The van der Waals surface area contributed by atoms with Crippen LogP contribution in [0.25, 0.3) is 10.9 Å². The van der Waals surface area contributed by atoms with E-state index in [0.717, 1.165) is 17.9 Å². The molecule has 0 fully saturated rings. The van der Waals surface area contributed by atoms with Crippen LogP contribution in [-0.2, 0) is 0 Å². The van der Waals surface area contributed by atoms with E-state index >= 15 is 0 Å². The minimum atomic E-state index is 0.907. The molecule has 0 saturated heterocycles. The molecular weight excluding hydrogens is 184 g/mol. The van der Waals surface area contributed by atoms with Gasteiger partial charge < -0.3 is 5.32 Å². The molecule has 0 aliphatic carbocycles. The summed E-state index contributed by atoms with van der Waals surface area (Å²) in [4.78, 5) is 4.56. The van der Waals surface area contributed by atoms with E-state index in [-0.39, 0.29) is 0 Å². The van der Waals surface area contributed by atoms with Crippen LogP contribution in [0, 0.1) is 13.8 Å². The van der Waals surface area contributed by atoms with Crippen LogP contribution >= 0.6 is 0 Å². The van der Waals surface area contributed by atoms with Crippen molar-refractivity contribution in [1.82, 2.24) is 4.98 Å². The summed E-state index contributed by atoms with van der Waals surface area (Å²) in [7, 11) is 0. The van der Waals surface area contributed by atoms with Gasteiger partial charge in [-0.3, -0.25) is 0 Å². The second-order valence-corrected chi connectivity index (χ2v) is 3.88. The van der Waals surface area contributed by atoms with Crippen molar-refractivity contribution in [2.24, 2.45) is 0 Å². The summed E-state index contributed by atoms with van der Waals surface area (Å²) in [6.45, 7) is 7.22. The Kier molecular flexibility index (Phi) is 2.58. The number of aryl methyl sites for hydroxylation is 2. The van der Waals surface area contributed by atoms with Gasteiger partial charge in [-0.15, -0.1) is 0 Å². The minimum Gasteiger partial charge on any atom is -0.370 e. The molecule has 15 heavy (non-hydrogen) atoms. The highest BCUT2D eigenvalue weighted by atomic mass is 15.0. The van der Waals surface area contributed by atoms with Crippen molar-refractivity contribution in [1.29, 1.82) is 0 Å². The predicted molar refractivity (Wildman–Crippen MR) is 65.4 cm³/mol. The van der Waals surface area contributed by atoms with Crippen molar-refractivity contribution < 1.29 is 0 Å². The number of anilines is 1. The van der Waals surface area contributed by atoms with E-state index < -0.39 is 0 Å². The number of aromatic nitrogens is 1. The Hall–Kier alpha value is -1.57. The first-order chi connectivity index (χ1) is 7.20. The summed E-state index contributed by atoms with van der Waals surface area (Å²) in [5, 5.41) is 4.49. The number of hydrogen-bond donors (Lipinski definition) is 1. The van der Waals surface area contributed by atoms with Crippen LogP contribution < -0.4 is 5.32 Å². The lowest BCUT2D eigenvalue weighted by molar-refractivity contribution is 1.17. The van der Waals surface area contributed by atoms with Crippen LogP contribution in [0.1, 0.15) is 18.1 Å². The normalized spacial score (nSPS) is 10.6. The van der Waals surface area contributed by atoms with E-state index in [1.807, 2.05) is 0 Å². The summed E-state index contributed by atoms with van der Waals surface area (Å²) in [6, 6.07) is 8.47. The zero-order valence-corrected chi connectivity index (χ0v) is 9.46. The van der Waals surface area contributed by atoms with Gasteiger partial charge in [-0.1, -0.05) is 11.6 Å². The number of nitrogens with zero attached hydrogens (tertiary/aromatic N) is 1. The molecule has 0 bridgehead atoms. The van der Waals surface area contributed by atoms with E-state index in [9.17, 15) is 0 Å². The Balaban J connectivity index is 2.62. The summed E-state index contributed by atoms with van der Waals surface area (Å²) in [5.41, 5.74) is 3.62. The highest BCUT2D eigenvalue weighted by molar-refractivity contribution is 5.84. The Morgan fingerprint density at radius 1 is 1.20 bits per heavy atom. The third-order valence-electron chi connectivity index (χ3n) is 2.53. The van der Waals surface area contributed by atoms with Crippen LogP contribution in [0.5, 0.6) is 0 Å². The minimum absolute atomic E-state index is 0.907. The molecule has 1 aromatic heterocycles. The second-order valence-electron chi connectivity index (χ2n) is 3.88. The maximum absolute atomic E-state index is 4.56. The zero-order valence-electron chi connectivity index (χ0n) is 9.46. The quantitative estimate of drug-likeness (QED) is 0.804. The average molecular weight is 200 g/mol. The fourth-order valence-corrected chi connectivity index (χ4v) is 1.78. The summed E-state index contributed by atoms with van der Waals surface area (Å²) in [6.07, 6.45) is 0. The van der Waals surface area contributed by atoms with Crippen molar-refractivity contribution in [3.05, 3.63) is 35.4 Å². The zero-order chi connectivity index (χ0) is 10.8. The first kappa shape index (κ1) is 9.97. The van der Waals surface area contributed by atoms with Gasteiger partial charge in [0.25, 0.3) is 0 Å². The fraction of sp³-hybridized carbons (Fsp3) is 0.308. The molecule has 78 valence electrons. The van der Waals surface area contributed by atoms with Crippen molar-refractivity contribution in [3.8, 4) is 0 Å². The van der Waals surface area contributed by atoms with Gasteiger partial charge in [-0.25, -0.2) is 4.98 Å². The lowest BCUT2D eigenvalue weighted by Crippen LogP contribution is -2.00. The lowest BCUT2D eigenvalue weighted by Gasteiger charge is -2.07. The maximum atomic E-state index is 4.56. The predicted octanol–water partition coefficient (Wildman–Crippen LogP) is 3.28. The molecule has 0 unspecified atom stereocenters. The third-order valence-corrected chi connectivity index (χ3v) is 2.53. The van der Waals surface area contributed by atoms with Gasteiger partial charge in [0, 0.05) is 11.9 Å². The van der Waals surface area contributed by atoms with E-state index in [4.69, 9.17) is 0 Å². The lowest BCUT2D eigenvalue weighted by atomic mass is 10.1. The molecule has 0 saturated carbocycles. The monoisotopic (exact) mass is 200 g/mol. The molecule has 0 aliphatic heterocycles. The second kappa shape index (κ2) is 3.89. The number of pyridine rings is 1. The average Bonchev–Trinajstić information content (AvgIpc) is 2.20. The number of hydrogen-bond acceptors (Lipinski definition) is 2. The maximum Gasteiger partial charge on any atom is 0.126 e. The SMILES string of the molecule is CCNc1cc(C)c2cc(C)ccc2n1. The van der Waals surface area contributed by atoms with Crippen LogP contribution in [0.2, 0.25) is 0 Å². The van der Waals surface area contributed by atoms with Gasteiger partial charge in [0.2, 0.25) is 0 Å². The molecule has 0 radical (unpaired) electrons. The van der Waals surface area contributed by atoms with Crippen molar-refractivity contribution in [2.45, 2.75) is 20.8 Å². The molecule has 0 atom stereocenters. The summed E-state index contributed by atoms with van der Waals surface area (Å²) in [5.74, 6) is 0.964. The molecule has 1 N–H and O–H groups in total. The van der Waals surface area contributed by atoms with Crippen molar-refractivity contribution >= 4 is 16.7 Å². The highest BCUT2D eigenvalue weighted by Gasteiger charge is 2.01. The van der Waals surface area contributed by atoms with Crippen LogP contribution in [-0.4, -0.2) is 11.5 Å². The molecule has 2 aromatic rings. The van der Waals surface area contributed by atoms with Gasteiger partial charge in [0.05, 0.1) is 5.52 Å². The first-order valence-corrected chi connectivity index (χ1v) is 5.32. The van der Waals surface area contributed by atoms with E-state index in [1.54, 1.807) is 0 Å². The van der Waals surface area contributed by atoms with Gasteiger partial charge in [0.1, 0.15) is 5.82 Å². The Bertz CT molecular complexity index is 489. The molecule has 1 aromatic carbocycles. The molecule has 0 spiro atoms. The topological polar surface area (TPSA) is 24.9 Å². The molecule has 1 heterocycles. The van der Waals surface area contributed by atoms with Crippen molar-refractivity contribution in [3.63, 3.8) is 0 Å². The van der Waals surface area contributed by atoms with E-state index in [0.29, 0.717) is 0 Å². The van der Waals surface area contributed by atoms with Crippen LogP contribution in [0.4, 0.5) is 5.82 Å². The summed E-state index contributed by atoms with van der Waals surface area (Å²) >= 11 is 0. The first-order valence-electron chi connectivity index (χ1n) is 5.32. The van der Waals surface area contributed by atoms with Gasteiger partial charge in [0.15, 0.2) is 0 Å². The Morgan fingerprint density at radius 3 is 2.73 bits per heavy atom. The van der Waals surface area contributed by atoms with Gasteiger partial charge in [-0.2, -0.15) is 0 Å². The van der Waals surface area contributed by atoms with Crippen LogP contribution in [0.15, 0.2) is 24.3 Å². The molecule has 2 rings (SSSR count). The Labute approximate surface area is 90.3 Å². The largest absolute Gasteiger partial charge is 0.370 e. The molecule has 0 amide bonds. The van der Waals surface area contributed by atoms with E-state index in [1.165, 1.54) is 16.5 Å². The summed E-state index contributed by atoms with van der Waals surface area (Å²) < 4.78 is 0. The number of fused-ring (bicyclic) bond motifs is 1. The third kappa shape index (κ3) is 1.94. The van der Waals surface area contributed by atoms with Gasteiger partial charge in [-0.05, 0) is 44.5 Å². The number of nitrogens with one attached hydrogen (secondary N) is 1. The fourth-order valence-electron chi connectivity index (χ4n) is 1.78. The molecule has 2 heteroatoms. The molecule has 2 nitrogen and oxygen atoms in total. The standard InChI is InChI=1S/C13H16N2/c1-4-14-13-8-10(3)11-7-9(2)5-6-12(11)15-13/h5-8H,4H2,1-3H3,(H,14,15). The number of rotatable bonds is 2. The molecule has 0 aliphatic rings. The molecular formula is C13H16N2. The van der Waals surface area contributed by atoms with Crippen LogP contribution in [0.3, 0.4) is 0 Å². The van der Waals surface area contributed by atoms with Crippen molar-refractivity contribution in [2.75, 3.05) is 11.9 Å². The Morgan fingerprint density at radius 2 is 2.00 bits per heavy atom. The highest BCUT2D eigenvalue weighted by Crippen LogP contribution is 2.21. The van der Waals surface area contributed by atoms with Gasteiger partial charge >= 0.3 is 0 Å². The van der Waals surface area contributed by atoms with E-state index in [2.05, 4.69) is 55.3 Å².